The van der Waals surface area contributed by atoms with Crippen LogP contribution in [0.2, 0.25) is 0 Å². The lowest BCUT2D eigenvalue weighted by Gasteiger charge is -2.32. The molecule has 0 saturated heterocycles. The van der Waals surface area contributed by atoms with Crippen LogP contribution in [0.25, 0.3) is 0 Å². The van der Waals surface area contributed by atoms with Gasteiger partial charge in [0.1, 0.15) is 12.6 Å². The molecule has 0 aromatic heterocycles. The molecule has 0 fully saturated rings. The van der Waals surface area contributed by atoms with Gasteiger partial charge < -0.3 is 10.2 Å². The Kier molecular flexibility index (Phi) is 10.3. The highest BCUT2D eigenvalue weighted by Crippen LogP contribution is 2.25. The predicted octanol–water partition coefficient (Wildman–Crippen LogP) is 4.94. The van der Waals surface area contributed by atoms with Crippen molar-refractivity contribution in [3.05, 3.63) is 95.6 Å². The number of anilines is 1. The maximum Gasteiger partial charge on any atom is 0.264 e. The molecule has 7 nitrogen and oxygen atoms in total. The summed E-state index contributed by atoms with van der Waals surface area (Å²) in [4.78, 5) is 28.6. The van der Waals surface area contributed by atoms with Gasteiger partial charge in [-0.1, -0.05) is 75.4 Å². The van der Waals surface area contributed by atoms with E-state index < -0.39 is 28.5 Å². The van der Waals surface area contributed by atoms with Gasteiger partial charge >= 0.3 is 0 Å². The number of nitrogens with one attached hydrogen (secondary N) is 1. The van der Waals surface area contributed by atoms with Crippen LogP contribution in [0.1, 0.15) is 44.4 Å². The fourth-order valence-electron chi connectivity index (χ4n) is 4.15. The third-order valence-corrected chi connectivity index (χ3v) is 8.48. The lowest BCUT2D eigenvalue weighted by atomic mass is 10.1. The van der Waals surface area contributed by atoms with Gasteiger partial charge in [0.2, 0.25) is 11.8 Å². The van der Waals surface area contributed by atoms with Crippen LogP contribution in [-0.2, 0) is 32.6 Å². The maximum absolute atomic E-state index is 14.0. The first kappa shape index (κ1) is 29.9. The number of rotatable bonds is 12. The molecule has 0 spiro atoms. The van der Waals surface area contributed by atoms with Crippen molar-refractivity contribution in [2.45, 2.75) is 58.5 Å². The van der Waals surface area contributed by atoms with Crippen molar-refractivity contribution in [3.63, 3.8) is 0 Å². The van der Waals surface area contributed by atoms with Gasteiger partial charge in [-0.25, -0.2) is 8.42 Å². The van der Waals surface area contributed by atoms with Gasteiger partial charge in [0.15, 0.2) is 0 Å². The molecule has 0 saturated carbocycles. The minimum absolute atomic E-state index is 0.0885. The Bertz CT molecular complexity index is 1360. The van der Waals surface area contributed by atoms with Gasteiger partial charge in [0.05, 0.1) is 10.6 Å². The van der Waals surface area contributed by atoms with Crippen molar-refractivity contribution in [3.8, 4) is 0 Å². The second-order valence-electron chi connectivity index (χ2n) is 10.1. The largest absolute Gasteiger partial charge is 0.354 e. The van der Waals surface area contributed by atoms with Gasteiger partial charge in [-0.05, 0) is 67.1 Å². The molecule has 208 valence electrons. The Labute approximate surface area is 232 Å². The van der Waals surface area contributed by atoms with Gasteiger partial charge in [0.25, 0.3) is 10.0 Å². The number of carbonyl (C=O) groups is 2. The molecule has 0 aliphatic carbocycles. The molecular formula is C31H39N3O4S. The van der Waals surface area contributed by atoms with E-state index in [1.165, 1.54) is 17.0 Å². The van der Waals surface area contributed by atoms with E-state index in [1.54, 1.807) is 37.3 Å². The van der Waals surface area contributed by atoms with Crippen molar-refractivity contribution in [2.24, 2.45) is 5.92 Å². The van der Waals surface area contributed by atoms with Gasteiger partial charge in [0, 0.05) is 13.1 Å². The monoisotopic (exact) mass is 549 g/mol. The Morgan fingerprint density at radius 1 is 0.872 bits per heavy atom. The van der Waals surface area contributed by atoms with E-state index >= 15 is 0 Å². The van der Waals surface area contributed by atoms with Crippen molar-refractivity contribution in [1.82, 2.24) is 10.2 Å². The van der Waals surface area contributed by atoms with Crippen LogP contribution in [0.15, 0.2) is 83.8 Å². The molecule has 3 rings (SSSR count). The molecule has 3 aromatic carbocycles. The van der Waals surface area contributed by atoms with E-state index in [-0.39, 0.29) is 23.3 Å². The van der Waals surface area contributed by atoms with Gasteiger partial charge in [-0.3, -0.25) is 13.9 Å². The van der Waals surface area contributed by atoms with E-state index in [9.17, 15) is 18.0 Å². The molecule has 0 heterocycles. The first-order valence-electron chi connectivity index (χ1n) is 13.3. The van der Waals surface area contributed by atoms with Crippen molar-refractivity contribution in [2.75, 3.05) is 17.4 Å². The zero-order valence-corrected chi connectivity index (χ0v) is 24.2. The third kappa shape index (κ3) is 7.69. The van der Waals surface area contributed by atoms with E-state index in [2.05, 4.69) is 5.32 Å². The number of amides is 2. The second-order valence-corrected chi connectivity index (χ2v) is 12.0. The minimum Gasteiger partial charge on any atom is -0.354 e. The Morgan fingerprint density at radius 3 is 2.08 bits per heavy atom. The number of aryl methyl sites for hydroxylation is 2. The topological polar surface area (TPSA) is 86.8 Å². The van der Waals surface area contributed by atoms with E-state index in [1.807, 2.05) is 64.1 Å². The lowest BCUT2D eigenvalue weighted by molar-refractivity contribution is -0.139. The normalized spacial score (nSPS) is 12.2. The van der Waals surface area contributed by atoms with Crippen LogP contribution in [0, 0.1) is 12.8 Å². The average molecular weight is 550 g/mol. The number of benzene rings is 3. The Balaban J connectivity index is 2.01. The first-order valence-corrected chi connectivity index (χ1v) is 14.8. The van der Waals surface area contributed by atoms with Gasteiger partial charge in [-0.15, -0.1) is 0 Å². The summed E-state index contributed by atoms with van der Waals surface area (Å²) >= 11 is 0. The molecule has 8 heteroatoms. The highest BCUT2D eigenvalue weighted by Gasteiger charge is 2.32. The SMILES string of the molecule is CCc1ccc(N(CC(=O)N(Cc2ccccc2C)[C@@H](C)C(=O)NCC(C)C)S(=O)(=O)c2ccccc2)cc1. The summed E-state index contributed by atoms with van der Waals surface area (Å²) in [6.07, 6.45) is 0.803. The standard InChI is InChI=1S/C31H39N3O4S/c1-6-26-16-18-28(19-17-26)34(39(37,38)29-14-8-7-9-15-29)22-30(35)33(21-27-13-11-10-12-24(27)4)25(5)31(36)32-20-23(2)3/h7-19,23,25H,6,20-22H2,1-5H3,(H,32,36)/t25-/m0/s1. The highest BCUT2D eigenvalue weighted by atomic mass is 32.2. The Morgan fingerprint density at radius 2 is 1.49 bits per heavy atom. The first-order chi connectivity index (χ1) is 18.5. The summed E-state index contributed by atoms with van der Waals surface area (Å²) < 4.78 is 28.8. The van der Waals surface area contributed by atoms with Crippen LogP contribution in [0.3, 0.4) is 0 Å². The lowest BCUT2D eigenvalue weighted by Crippen LogP contribution is -2.51. The molecule has 1 N–H and O–H groups in total. The zero-order chi connectivity index (χ0) is 28.6. The zero-order valence-electron chi connectivity index (χ0n) is 23.4. The number of nitrogens with zero attached hydrogens (tertiary/aromatic N) is 2. The van der Waals surface area contributed by atoms with Crippen LogP contribution >= 0.6 is 0 Å². The number of hydrogen-bond donors (Lipinski definition) is 1. The molecule has 0 bridgehead atoms. The van der Waals surface area contributed by atoms with Crippen LogP contribution in [0.5, 0.6) is 0 Å². The predicted molar refractivity (Wildman–Crippen MR) is 156 cm³/mol. The van der Waals surface area contributed by atoms with Crippen molar-refractivity contribution >= 4 is 27.5 Å². The highest BCUT2D eigenvalue weighted by molar-refractivity contribution is 7.92. The summed E-state index contributed by atoms with van der Waals surface area (Å²) in [7, 11) is -4.07. The van der Waals surface area contributed by atoms with Crippen LogP contribution in [0.4, 0.5) is 5.69 Å². The summed E-state index contributed by atoms with van der Waals surface area (Å²) in [5.74, 6) is -0.501. The Hall–Kier alpha value is -3.65. The number of carbonyl (C=O) groups excluding carboxylic acids is 2. The summed E-state index contributed by atoms with van der Waals surface area (Å²) in [5, 5.41) is 2.91. The molecule has 0 aliphatic rings. The minimum atomic E-state index is -4.07. The van der Waals surface area contributed by atoms with Crippen LogP contribution in [-0.4, -0.2) is 44.3 Å². The summed E-state index contributed by atoms with van der Waals surface area (Å²) in [6, 6.07) is 22.1. The van der Waals surface area contributed by atoms with Crippen molar-refractivity contribution < 1.29 is 18.0 Å². The second kappa shape index (κ2) is 13.4. The fourth-order valence-corrected chi connectivity index (χ4v) is 5.59. The molecule has 0 aliphatic heterocycles. The number of sulfonamides is 1. The molecule has 3 aromatic rings. The molecule has 39 heavy (non-hydrogen) atoms. The maximum atomic E-state index is 14.0. The third-order valence-electron chi connectivity index (χ3n) is 6.70. The van der Waals surface area contributed by atoms with E-state index in [4.69, 9.17) is 0 Å². The molecule has 2 amide bonds. The fraction of sp³-hybridized carbons (Fsp3) is 0.355. The van der Waals surface area contributed by atoms with Gasteiger partial charge in [-0.2, -0.15) is 0 Å². The quantitative estimate of drug-likeness (QED) is 0.347. The summed E-state index contributed by atoms with van der Waals surface area (Å²) in [6.45, 7) is 9.85. The molecule has 1 atom stereocenters. The average Bonchev–Trinajstić information content (AvgIpc) is 2.94. The molecular weight excluding hydrogens is 510 g/mol. The van der Waals surface area contributed by atoms with E-state index in [0.29, 0.717) is 12.2 Å². The summed E-state index contributed by atoms with van der Waals surface area (Å²) in [5.41, 5.74) is 3.31. The van der Waals surface area contributed by atoms with Crippen LogP contribution < -0.4 is 9.62 Å². The smallest absolute Gasteiger partial charge is 0.264 e. The number of hydrogen-bond acceptors (Lipinski definition) is 4. The molecule has 0 radical (unpaired) electrons. The molecule has 0 unspecified atom stereocenters. The van der Waals surface area contributed by atoms with Crippen molar-refractivity contribution in [1.29, 1.82) is 0 Å². The van der Waals surface area contributed by atoms with E-state index in [0.717, 1.165) is 27.4 Å².